The van der Waals surface area contributed by atoms with E-state index in [1.165, 1.54) is 4.90 Å². The highest BCUT2D eigenvalue weighted by molar-refractivity contribution is 8.00. The molecule has 3 aliphatic rings. The number of thioether (sulfide) groups is 1. The Morgan fingerprint density at radius 3 is 2.54 bits per heavy atom. The summed E-state index contributed by atoms with van der Waals surface area (Å²) in [6, 6.07) is -0.846. The molecule has 0 aromatic heterocycles. The quantitative estimate of drug-likeness (QED) is 0.723. The smallest absolute Gasteiger partial charge is 0.408 e. The van der Waals surface area contributed by atoms with Crippen molar-refractivity contribution in [2.24, 2.45) is 17.8 Å². The Morgan fingerprint density at radius 2 is 2.00 bits per heavy atom. The van der Waals surface area contributed by atoms with Crippen LogP contribution in [0, 0.1) is 17.8 Å². The zero-order valence-corrected chi connectivity index (χ0v) is 16.1. The number of hydrogen-bond acceptors (Lipinski definition) is 5. The number of aliphatic carboxylic acids is 1. The topological polar surface area (TPSA) is 95.9 Å². The predicted molar refractivity (Wildman–Crippen MR) is 97.6 cm³/mol. The lowest BCUT2D eigenvalue weighted by atomic mass is 9.92. The monoisotopic (exact) mass is 382 g/mol. The summed E-state index contributed by atoms with van der Waals surface area (Å²) in [6.45, 7) is 4.96. The molecule has 1 heterocycles. The zero-order chi connectivity index (χ0) is 19.1. The lowest BCUT2D eigenvalue weighted by molar-refractivity contribution is -0.149. The first-order valence-electron chi connectivity index (χ1n) is 8.96. The fraction of sp³-hybridized carbons (Fsp3) is 0.722. The molecule has 3 rings (SSSR count). The number of carbonyl (C=O) groups excluding carboxylic acids is 2. The molecular formula is C18H26N2O5S. The van der Waals surface area contributed by atoms with E-state index in [4.69, 9.17) is 4.74 Å². The summed E-state index contributed by atoms with van der Waals surface area (Å²) >= 11 is 1.54. The normalized spacial score (nSPS) is 32.7. The van der Waals surface area contributed by atoms with Crippen LogP contribution in [0.15, 0.2) is 12.2 Å². The summed E-state index contributed by atoms with van der Waals surface area (Å²) < 4.78 is 5.14. The number of hydrogen-bond donors (Lipinski definition) is 2. The molecule has 2 aliphatic carbocycles. The van der Waals surface area contributed by atoms with Crippen molar-refractivity contribution >= 4 is 29.7 Å². The van der Waals surface area contributed by atoms with Gasteiger partial charge in [0.1, 0.15) is 18.2 Å². The second-order valence-electron chi connectivity index (χ2n) is 8.18. The lowest BCUT2D eigenvalue weighted by Crippen LogP contribution is -2.51. The number of rotatable bonds is 4. The van der Waals surface area contributed by atoms with E-state index in [-0.39, 0.29) is 23.7 Å². The van der Waals surface area contributed by atoms with Crippen LogP contribution in [-0.4, -0.2) is 57.3 Å². The maximum absolute atomic E-state index is 12.8. The Morgan fingerprint density at radius 1 is 1.27 bits per heavy atom. The van der Waals surface area contributed by atoms with Crippen molar-refractivity contribution in [2.75, 3.05) is 12.3 Å². The second-order valence-corrected chi connectivity index (χ2v) is 9.33. The zero-order valence-electron chi connectivity index (χ0n) is 15.3. The van der Waals surface area contributed by atoms with E-state index in [2.05, 4.69) is 17.5 Å². The van der Waals surface area contributed by atoms with Gasteiger partial charge in [-0.15, -0.1) is 11.8 Å². The van der Waals surface area contributed by atoms with Gasteiger partial charge in [-0.1, -0.05) is 12.2 Å². The third kappa shape index (κ3) is 4.00. The lowest BCUT2D eigenvalue weighted by Gasteiger charge is -2.34. The maximum atomic E-state index is 12.8. The number of nitrogens with zero attached hydrogens (tertiary/aromatic N) is 1. The summed E-state index contributed by atoms with van der Waals surface area (Å²) in [6.07, 6.45) is 5.84. The van der Waals surface area contributed by atoms with Crippen LogP contribution in [0.25, 0.3) is 0 Å². The third-order valence-electron chi connectivity index (χ3n) is 5.09. The molecule has 0 spiro atoms. The van der Waals surface area contributed by atoms with E-state index in [1.54, 1.807) is 32.5 Å². The van der Waals surface area contributed by atoms with E-state index in [9.17, 15) is 19.5 Å². The van der Waals surface area contributed by atoms with E-state index in [1.807, 2.05) is 0 Å². The van der Waals surface area contributed by atoms with Crippen molar-refractivity contribution in [1.29, 1.82) is 0 Å². The van der Waals surface area contributed by atoms with E-state index in [0.717, 1.165) is 12.8 Å². The fourth-order valence-corrected chi connectivity index (χ4v) is 5.74. The van der Waals surface area contributed by atoms with Gasteiger partial charge in [0.05, 0.1) is 5.37 Å². The van der Waals surface area contributed by atoms with Crippen LogP contribution in [0.2, 0.25) is 0 Å². The first-order valence-corrected chi connectivity index (χ1v) is 10.0. The minimum absolute atomic E-state index is 0.149. The molecule has 0 aromatic rings. The fourth-order valence-electron chi connectivity index (χ4n) is 4.07. The van der Waals surface area contributed by atoms with E-state index < -0.39 is 23.7 Å². The van der Waals surface area contributed by atoms with Crippen molar-refractivity contribution in [3.63, 3.8) is 0 Å². The first-order chi connectivity index (χ1) is 12.2. The molecule has 1 aliphatic heterocycles. The molecule has 2 N–H and O–H groups in total. The van der Waals surface area contributed by atoms with Crippen LogP contribution in [0.1, 0.15) is 33.6 Å². The molecule has 7 nitrogen and oxygen atoms in total. The Kier molecular flexibility index (Phi) is 5.23. The average Bonchev–Trinajstić information content (AvgIpc) is 3.24. The third-order valence-corrected chi connectivity index (χ3v) is 6.51. The summed E-state index contributed by atoms with van der Waals surface area (Å²) in [4.78, 5) is 37.7. The van der Waals surface area contributed by atoms with Gasteiger partial charge in [-0.25, -0.2) is 9.59 Å². The number of ether oxygens (including phenoxy) is 1. The van der Waals surface area contributed by atoms with Gasteiger partial charge in [0, 0.05) is 5.75 Å². The minimum Gasteiger partial charge on any atom is -0.480 e. The van der Waals surface area contributed by atoms with Crippen LogP contribution in [0.5, 0.6) is 0 Å². The number of fused-ring (bicyclic) bond motifs is 2. The molecule has 0 aromatic carbocycles. The van der Waals surface area contributed by atoms with Gasteiger partial charge in [0.2, 0.25) is 5.91 Å². The van der Waals surface area contributed by atoms with E-state index in [0.29, 0.717) is 17.6 Å². The maximum Gasteiger partial charge on any atom is 0.408 e. The highest BCUT2D eigenvalue weighted by atomic mass is 32.2. The van der Waals surface area contributed by atoms with E-state index >= 15 is 0 Å². The van der Waals surface area contributed by atoms with Crippen LogP contribution in [0.3, 0.4) is 0 Å². The molecular weight excluding hydrogens is 356 g/mol. The SMILES string of the molecule is CC(C)(C)OC(=O)NCC(=O)N1C([C@@H]2C[C@@H]3C=CC2C3)SC[C@H]1C(=O)O. The minimum atomic E-state index is -0.996. The molecule has 26 heavy (non-hydrogen) atoms. The summed E-state index contributed by atoms with van der Waals surface area (Å²) in [5.41, 5.74) is -0.655. The molecule has 5 atom stereocenters. The van der Waals surface area contributed by atoms with Gasteiger partial charge >= 0.3 is 12.1 Å². The van der Waals surface area contributed by atoms with Crippen molar-refractivity contribution in [2.45, 2.75) is 50.6 Å². The second kappa shape index (κ2) is 7.13. The predicted octanol–water partition coefficient (Wildman–Crippen LogP) is 2.08. The molecule has 1 saturated carbocycles. The van der Waals surface area contributed by atoms with Gasteiger partial charge in [0.15, 0.2) is 0 Å². The molecule has 144 valence electrons. The number of nitrogens with one attached hydrogen (secondary N) is 1. The van der Waals surface area contributed by atoms with Gasteiger partial charge in [-0.05, 0) is 51.4 Å². The average molecular weight is 382 g/mol. The van der Waals surface area contributed by atoms with Gasteiger partial charge in [-0.2, -0.15) is 0 Å². The number of alkyl carbamates (subject to hydrolysis) is 1. The molecule has 2 bridgehead atoms. The molecule has 8 heteroatoms. The highest BCUT2D eigenvalue weighted by Gasteiger charge is 2.50. The first kappa shape index (κ1) is 19.1. The highest BCUT2D eigenvalue weighted by Crippen LogP contribution is 2.50. The largest absolute Gasteiger partial charge is 0.480 e. The number of carboxylic acids is 1. The van der Waals surface area contributed by atoms with Crippen LogP contribution in [0.4, 0.5) is 4.79 Å². The van der Waals surface area contributed by atoms with Crippen molar-refractivity contribution in [1.82, 2.24) is 10.2 Å². The van der Waals surface area contributed by atoms with Gasteiger partial charge in [-0.3, -0.25) is 4.79 Å². The van der Waals surface area contributed by atoms with Gasteiger partial charge in [0.25, 0.3) is 0 Å². The van der Waals surface area contributed by atoms with Crippen LogP contribution >= 0.6 is 11.8 Å². The Balaban J connectivity index is 1.66. The Bertz CT molecular complexity index is 630. The van der Waals surface area contributed by atoms with Gasteiger partial charge < -0.3 is 20.1 Å². The molecule has 2 fully saturated rings. The number of carboxylic acid groups (broad SMARTS) is 1. The summed E-state index contributed by atoms with van der Waals surface area (Å²) in [7, 11) is 0. The van der Waals surface area contributed by atoms with Crippen molar-refractivity contribution in [3.05, 3.63) is 12.2 Å². The number of amides is 2. The van der Waals surface area contributed by atoms with Crippen LogP contribution < -0.4 is 5.32 Å². The summed E-state index contributed by atoms with van der Waals surface area (Å²) in [5.74, 6) is 0.264. The molecule has 2 amide bonds. The standard InChI is InChI=1S/C18H26N2O5S/c1-18(2,3)25-17(24)19-8-14(21)20-13(16(22)23)9-26-15(20)12-7-10-4-5-11(12)6-10/h4-5,10-13,15H,6-9H2,1-3H3,(H,19,24)(H,22,23)/t10-,11?,12-,13+,15?/m1/s1. The Labute approximate surface area is 157 Å². The Hall–Kier alpha value is -1.70. The molecule has 2 unspecified atom stereocenters. The van der Waals surface area contributed by atoms with Crippen molar-refractivity contribution in [3.8, 4) is 0 Å². The number of allylic oxidation sites excluding steroid dienone is 2. The molecule has 0 radical (unpaired) electrons. The van der Waals surface area contributed by atoms with Crippen LogP contribution in [-0.2, 0) is 14.3 Å². The number of carbonyl (C=O) groups is 3. The summed E-state index contributed by atoms with van der Waals surface area (Å²) in [5, 5.41) is 11.8. The molecule has 1 saturated heterocycles. The van der Waals surface area contributed by atoms with Crippen molar-refractivity contribution < 1.29 is 24.2 Å².